The van der Waals surface area contributed by atoms with E-state index in [1.54, 1.807) is 18.2 Å². The van der Waals surface area contributed by atoms with Crippen molar-refractivity contribution in [3.05, 3.63) is 35.4 Å². The van der Waals surface area contributed by atoms with Crippen LogP contribution in [0.25, 0.3) is 0 Å². The second-order valence-corrected chi connectivity index (χ2v) is 7.05. The van der Waals surface area contributed by atoms with E-state index < -0.39 is 21.2 Å². The van der Waals surface area contributed by atoms with Crippen LogP contribution in [0.15, 0.2) is 24.3 Å². The highest BCUT2D eigenvalue weighted by Gasteiger charge is 2.26. The molecule has 0 atom stereocenters. The maximum absolute atomic E-state index is 12.1. The molecule has 0 aliphatic carbocycles. The molecule has 1 aliphatic rings. The van der Waals surface area contributed by atoms with Crippen molar-refractivity contribution >= 4 is 16.0 Å². The average Bonchev–Trinajstić information content (AvgIpc) is 2.48. The summed E-state index contributed by atoms with van der Waals surface area (Å²) in [7, 11) is -3.33. The third-order valence-electron chi connectivity index (χ3n) is 3.50. The van der Waals surface area contributed by atoms with Gasteiger partial charge >= 0.3 is 5.97 Å². The van der Waals surface area contributed by atoms with Crippen LogP contribution in [0, 0.1) is 0 Å². The van der Waals surface area contributed by atoms with Crippen LogP contribution in [0.5, 0.6) is 0 Å². The first-order chi connectivity index (χ1) is 9.99. The van der Waals surface area contributed by atoms with Gasteiger partial charge in [0.25, 0.3) is 0 Å². The largest absolute Gasteiger partial charge is 0.478 e. The molecule has 7 heteroatoms. The van der Waals surface area contributed by atoms with Crippen LogP contribution in [-0.4, -0.2) is 44.5 Å². The summed E-state index contributed by atoms with van der Waals surface area (Å²) in [5.41, 5.74) is 1.00. The maximum atomic E-state index is 12.1. The third kappa shape index (κ3) is 4.52. The Morgan fingerprint density at radius 2 is 2.05 bits per heavy atom. The Labute approximate surface area is 124 Å². The van der Waals surface area contributed by atoms with Crippen LogP contribution in [0.3, 0.4) is 0 Å². The molecule has 2 N–H and O–H groups in total. The van der Waals surface area contributed by atoms with E-state index in [2.05, 4.69) is 4.72 Å². The van der Waals surface area contributed by atoms with Gasteiger partial charge in [-0.15, -0.1) is 0 Å². The number of hydrogen-bond acceptors (Lipinski definition) is 4. The zero-order valence-electron chi connectivity index (χ0n) is 11.6. The summed E-state index contributed by atoms with van der Waals surface area (Å²) in [6, 6.07) is 6.52. The number of rotatable bonds is 6. The molecule has 1 aromatic rings. The van der Waals surface area contributed by atoms with Crippen molar-refractivity contribution in [2.24, 2.45) is 0 Å². The van der Waals surface area contributed by atoms with Crippen LogP contribution >= 0.6 is 0 Å². The van der Waals surface area contributed by atoms with Gasteiger partial charge in [-0.1, -0.05) is 12.1 Å². The maximum Gasteiger partial charge on any atom is 0.335 e. The van der Waals surface area contributed by atoms with Crippen molar-refractivity contribution < 1.29 is 23.1 Å². The number of hydrogen-bond donors (Lipinski definition) is 2. The zero-order chi connectivity index (χ0) is 15.3. The summed E-state index contributed by atoms with van der Waals surface area (Å²) in [6.45, 7) is 1.22. The number of sulfonamides is 1. The number of ether oxygens (including phenoxy) is 1. The molecule has 1 aromatic carbocycles. The Bertz CT molecular complexity index is 593. The van der Waals surface area contributed by atoms with Gasteiger partial charge in [0, 0.05) is 19.8 Å². The predicted octanol–water partition coefficient (Wildman–Crippen LogP) is 1.03. The standard InChI is InChI=1S/C14H19NO5S/c16-14(17)12-3-1-2-11(10-12)4-7-15-21(18,19)13-5-8-20-9-6-13/h1-3,10,13,15H,4-9H2,(H,16,17). The lowest BCUT2D eigenvalue weighted by Gasteiger charge is -2.22. The summed E-state index contributed by atoms with van der Waals surface area (Å²) in [6.07, 6.45) is 1.50. The number of benzene rings is 1. The van der Waals surface area contributed by atoms with Crippen molar-refractivity contribution in [2.75, 3.05) is 19.8 Å². The smallest absolute Gasteiger partial charge is 0.335 e. The van der Waals surface area contributed by atoms with Crippen molar-refractivity contribution in [2.45, 2.75) is 24.5 Å². The summed E-state index contributed by atoms with van der Waals surface area (Å²) in [5, 5.41) is 8.52. The zero-order valence-corrected chi connectivity index (χ0v) is 12.4. The average molecular weight is 313 g/mol. The lowest BCUT2D eigenvalue weighted by atomic mass is 10.1. The monoisotopic (exact) mass is 313 g/mol. The molecule has 1 fully saturated rings. The van der Waals surface area contributed by atoms with E-state index in [0.29, 0.717) is 32.5 Å². The van der Waals surface area contributed by atoms with Gasteiger partial charge in [-0.2, -0.15) is 0 Å². The number of carbonyl (C=O) groups is 1. The summed E-state index contributed by atoms with van der Waals surface area (Å²) in [5.74, 6) is -0.986. The lowest BCUT2D eigenvalue weighted by molar-refractivity contribution is 0.0696. The van der Waals surface area contributed by atoms with Crippen LogP contribution in [-0.2, 0) is 21.2 Å². The molecule has 1 saturated heterocycles. The second kappa shape index (κ2) is 7.02. The van der Waals surface area contributed by atoms with E-state index in [4.69, 9.17) is 9.84 Å². The van der Waals surface area contributed by atoms with Crippen molar-refractivity contribution in [1.82, 2.24) is 4.72 Å². The molecule has 0 amide bonds. The minimum atomic E-state index is -3.33. The normalized spacial score (nSPS) is 16.8. The fourth-order valence-electron chi connectivity index (χ4n) is 2.30. The molecule has 1 aliphatic heterocycles. The Morgan fingerprint density at radius 3 is 2.71 bits per heavy atom. The fourth-order valence-corrected chi connectivity index (χ4v) is 3.74. The van der Waals surface area contributed by atoms with E-state index in [0.717, 1.165) is 5.56 Å². The first-order valence-electron chi connectivity index (χ1n) is 6.87. The summed E-state index contributed by atoms with van der Waals surface area (Å²) >= 11 is 0. The van der Waals surface area contributed by atoms with E-state index >= 15 is 0 Å². The first-order valence-corrected chi connectivity index (χ1v) is 8.42. The molecule has 0 aromatic heterocycles. The van der Waals surface area contributed by atoms with Gasteiger partial charge in [0.1, 0.15) is 0 Å². The fraction of sp³-hybridized carbons (Fsp3) is 0.500. The second-order valence-electron chi connectivity index (χ2n) is 5.01. The van der Waals surface area contributed by atoms with E-state index in [-0.39, 0.29) is 12.1 Å². The molecule has 0 radical (unpaired) electrons. The van der Waals surface area contributed by atoms with Gasteiger partial charge in [0.15, 0.2) is 0 Å². The molecule has 116 valence electrons. The van der Waals surface area contributed by atoms with Crippen LogP contribution in [0.4, 0.5) is 0 Å². The van der Waals surface area contributed by atoms with Crippen molar-refractivity contribution in [3.8, 4) is 0 Å². The Hall–Kier alpha value is -1.44. The topological polar surface area (TPSA) is 92.7 Å². The minimum Gasteiger partial charge on any atom is -0.478 e. The summed E-state index contributed by atoms with van der Waals surface area (Å²) in [4.78, 5) is 10.9. The van der Waals surface area contributed by atoms with Gasteiger partial charge in [-0.3, -0.25) is 0 Å². The molecule has 6 nitrogen and oxygen atoms in total. The number of nitrogens with one attached hydrogen (secondary N) is 1. The first kappa shape index (κ1) is 15.9. The Morgan fingerprint density at radius 1 is 1.33 bits per heavy atom. The Balaban J connectivity index is 1.88. The van der Waals surface area contributed by atoms with Gasteiger partial charge in [0.05, 0.1) is 10.8 Å². The Kier molecular flexibility index (Phi) is 5.33. The van der Waals surface area contributed by atoms with Crippen molar-refractivity contribution in [1.29, 1.82) is 0 Å². The highest BCUT2D eigenvalue weighted by Crippen LogP contribution is 2.14. The van der Waals surface area contributed by atoms with Crippen molar-refractivity contribution in [3.63, 3.8) is 0 Å². The van der Waals surface area contributed by atoms with E-state index in [9.17, 15) is 13.2 Å². The number of carboxylic acid groups (broad SMARTS) is 1. The van der Waals surface area contributed by atoms with Gasteiger partial charge < -0.3 is 9.84 Å². The SMILES string of the molecule is O=C(O)c1cccc(CCNS(=O)(=O)C2CCOCC2)c1. The minimum absolute atomic E-state index is 0.208. The highest BCUT2D eigenvalue weighted by atomic mass is 32.2. The van der Waals surface area contributed by atoms with Crippen LogP contribution in [0.1, 0.15) is 28.8 Å². The third-order valence-corrected chi connectivity index (χ3v) is 5.45. The van der Waals surface area contributed by atoms with Gasteiger partial charge in [-0.25, -0.2) is 17.9 Å². The predicted molar refractivity (Wildman–Crippen MR) is 77.9 cm³/mol. The molecule has 2 rings (SSSR count). The molecule has 0 unspecified atom stereocenters. The molecular weight excluding hydrogens is 294 g/mol. The molecule has 0 saturated carbocycles. The quantitative estimate of drug-likeness (QED) is 0.818. The molecule has 21 heavy (non-hydrogen) atoms. The summed E-state index contributed by atoms with van der Waals surface area (Å²) < 4.78 is 31.9. The lowest BCUT2D eigenvalue weighted by Crippen LogP contribution is -2.38. The highest BCUT2D eigenvalue weighted by molar-refractivity contribution is 7.90. The molecule has 1 heterocycles. The number of aromatic carboxylic acids is 1. The van der Waals surface area contributed by atoms with Crippen LogP contribution in [0.2, 0.25) is 0 Å². The molecular formula is C14H19NO5S. The van der Waals surface area contributed by atoms with Gasteiger partial charge in [-0.05, 0) is 37.0 Å². The molecule has 0 spiro atoms. The van der Waals surface area contributed by atoms with E-state index in [1.165, 1.54) is 6.07 Å². The van der Waals surface area contributed by atoms with Gasteiger partial charge in [0.2, 0.25) is 10.0 Å². The number of carboxylic acids is 1. The molecule has 0 bridgehead atoms. The van der Waals surface area contributed by atoms with Crippen LogP contribution < -0.4 is 4.72 Å². The van der Waals surface area contributed by atoms with E-state index in [1.807, 2.05) is 0 Å².